The van der Waals surface area contributed by atoms with Crippen LogP contribution >= 0.6 is 0 Å². The summed E-state index contributed by atoms with van der Waals surface area (Å²) >= 11 is 0. The first-order valence-electron chi connectivity index (χ1n) is 4.05. The first-order valence-corrected chi connectivity index (χ1v) is 4.05. The quantitative estimate of drug-likeness (QED) is 0.400. The molecule has 2 saturated heterocycles. The third-order valence-corrected chi connectivity index (χ3v) is 2.32. The fourth-order valence-electron chi connectivity index (χ4n) is 1.66. The number of urea groups is 2. The second kappa shape index (κ2) is 3.00. The van der Waals surface area contributed by atoms with Gasteiger partial charge in [0.2, 0.25) is 0 Å². The van der Waals surface area contributed by atoms with Gasteiger partial charge in [-0.15, -0.1) is 0 Å². The average molecular weight is 202 g/mol. The van der Waals surface area contributed by atoms with Crippen molar-refractivity contribution < 1.29 is 19.8 Å². The minimum absolute atomic E-state index is 0.426. The first-order chi connectivity index (χ1) is 6.69. The van der Waals surface area contributed by atoms with Gasteiger partial charge in [0.15, 0.2) is 0 Å². The van der Waals surface area contributed by atoms with Crippen LogP contribution in [0, 0.1) is 0 Å². The summed E-state index contributed by atoms with van der Waals surface area (Å²) in [6.45, 7) is -1.00. The molecule has 2 fully saturated rings. The van der Waals surface area contributed by atoms with Gasteiger partial charge in [0.1, 0.15) is 25.8 Å². The van der Waals surface area contributed by atoms with Gasteiger partial charge >= 0.3 is 12.1 Å². The highest BCUT2D eigenvalue weighted by Gasteiger charge is 2.50. The lowest BCUT2D eigenvalue weighted by molar-refractivity contribution is 0.0978. The maximum Gasteiger partial charge on any atom is 0.327 e. The lowest BCUT2D eigenvalue weighted by atomic mass is 10.4. The van der Waals surface area contributed by atoms with E-state index in [2.05, 4.69) is 10.6 Å². The Morgan fingerprint density at radius 1 is 1.07 bits per heavy atom. The number of hydrogen-bond acceptors (Lipinski definition) is 4. The molecule has 2 rings (SSSR count). The van der Waals surface area contributed by atoms with Crippen molar-refractivity contribution in [2.24, 2.45) is 0 Å². The van der Waals surface area contributed by atoms with Crippen molar-refractivity contribution in [3.8, 4) is 0 Å². The smallest absolute Gasteiger partial charge is 0.327 e. The number of aliphatic hydroxyl groups excluding tert-OH is 2. The third kappa shape index (κ3) is 1.01. The molecule has 0 aliphatic carbocycles. The number of rotatable bonds is 2. The Bertz CT molecular complexity index is 259. The molecule has 0 saturated carbocycles. The molecular formula is C6H10N4O4. The van der Waals surface area contributed by atoms with Gasteiger partial charge in [0.05, 0.1) is 0 Å². The van der Waals surface area contributed by atoms with E-state index in [0.717, 1.165) is 9.80 Å². The van der Waals surface area contributed by atoms with E-state index in [1.807, 2.05) is 0 Å². The molecule has 0 aromatic carbocycles. The first kappa shape index (κ1) is 9.03. The van der Waals surface area contributed by atoms with Gasteiger partial charge in [-0.05, 0) is 0 Å². The molecule has 2 atom stereocenters. The number of carbonyl (C=O) groups is 2. The van der Waals surface area contributed by atoms with Crippen LogP contribution in [0.25, 0.3) is 0 Å². The molecule has 2 aliphatic heterocycles. The Hall–Kier alpha value is -1.54. The average Bonchev–Trinajstić information content (AvgIpc) is 2.59. The fourth-order valence-corrected chi connectivity index (χ4v) is 1.66. The Morgan fingerprint density at radius 3 is 1.86 bits per heavy atom. The zero-order valence-corrected chi connectivity index (χ0v) is 7.17. The molecule has 78 valence electrons. The number of nitrogens with one attached hydrogen (secondary N) is 2. The summed E-state index contributed by atoms with van der Waals surface area (Å²) in [5.41, 5.74) is 0. The van der Waals surface area contributed by atoms with Crippen LogP contribution in [0.15, 0.2) is 0 Å². The van der Waals surface area contributed by atoms with Crippen molar-refractivity contribution in [3.05, 3.63) is 0 Å². The number of amides is 4. The molecule has 8 heteroatoms. The molecule has 2 heterocycles. The normalized spacial score (nSPS) is 30.4. The largest absolute Gasteiger partial charge is 0.376 e. The molecule has 4 N–H and O–H groups in total. The molecule has 0 spiro atoms. The molecule has 0 radical (unpaired) electrons. The molecule has 2 unspecified atom stereocenters. The molecule has 8 nitrogen and oxygen atoms in total. The Labute approximate surface area is 79.1 Å². The second-order valence-corrected chi connectivity index (χ2v) is 3.01. The van der Waals surface area contributed by atoms with Gasteiger partial charge in [0.25, 0.3) is 0 Å². The summed E-state index contributed by atoms with van der Waals surface area (Å²) in [5, 5.41) is 22.7. The number of carbonyl (C=O) groups excluding carboxylic acids is 2. The van der Waals surface area contributed by atoms with Crippen LogP contribution < -0.4 is 10.6 Å². The summed E-state index contributed by atoms with van der Waals surface area (Å²) < 4.78 is 0. The van der Waals surface area contributed by atoms with E-state index in [1.165, 1.54) is 0 Å². The van der Waals surface area contributed by atoms with Crippen LogP contribution in [0.4, 0.5) is 9.59 Å². The van der Waals surface area contributed by atoms with Gasteiger partial charge in [-0.1, -0.05) is 0 Å². The van der Waals surface area contributed by atoms with Crippen LogP contribution in [0.5, 0.6) is 0 Å². The van der Waals surface area contributed by atoms with E-state index in [4.69, 9.17) is 10.2 Å². The van der Waals surface area contributed by atoms with E-state index in [0.29, 0.717) is 0 Å². The maximum atomic E-state index is 11.4. The summed E-state index contributed by atoms with van der Waals surface area (Å²) in [6.07, 6.45) is -1.24. The SMILES string of the molecule is O=C1NC2C(N1)N(CO)C(=O)N2CO. The summed E-state index contributed by atoms with van der Waals surface area (Å²) in [7, 11) is 0. The lowest BCUT2D eigenvalue weighted by Gasteiger charge is -2.18. The summed E-state index contributed by atoms with van der Waals surface area (Å²) in [4.78, 5) is 24.5. The number of aliphatic hydroxyl groups is 2. The highest BCUT2D eigenvalue weighted by molar-refractivity contribution is 5.84. The van der Waals surface area contributed by atoms with E-state index in [9.17, 15) is 9.59 Å². The van der Waals surface area contributed by atoms with Crippen molar-refractivity contribution in [3.63, 3.8) is 0 Å². The van der Waals surface area contributed by atoms with E-state index < -0.39 is 37.9 Å². The number of fused-ring (bicyclic) bond motifs is 1. The van der Waals surface area contributed by atoms with Gasteiger partial charge in [0, 0.05) is 0 Å². The predicted molar refractivity (Wildman–Crippen MR) is 42.5 cm³/mol. The van der Waals surface area contributed by atoms with Crippen molar-refractivity contribution in [2.45, 2.75) is 12.3 Å². The molecule has 2 aliphatic rings. The molecule has 0 aromatic rings. The van der Waals surface area contributed by atoms with Crippen molar-refractivity contribution >= 4 is 12.1 Å². The number of nitrogens with zero attached hydrogens (tertiary/aromatic N) is 2. The molecule has 4 amide bonds. The Kier molecular flexibility index (Phi) is 1.93. The van der Waals surface area contributed by atoms with Crippen LogP contribution in [0.3, 0.4) is 0 Å². The fraction of sp³-hybridized carbons (Fsp3) is 0.667. The van der Waals surface area contributed by atoms with Crippen molar-refractivity contribution in [1.82, 2.24) is 20.4 Å². The standard InChI is InChI=1S/C6H10N4O4/c11-1-9-3-4(8-5(13)7-3)10(2-12)6(9)14/h3-4,11-12H,1-2H2,(H2,7,8,13). The number of hydrogen-bond donors (Lipinski definition) is 4. The van der Waals surface area contributed by atoms with Crippen molar-refractivity contribution in [2.75, 3.05) is 13.5 Å². The highest BCUT2D eigenvalue weighted by atomic mass is 16.3. The minimum atomic E-state index is -0.618. The monoisotopic (exact) mass is 202 g/mol. The Balaban J connectivity index is 2.24. The topological polar surface area (TPSA) is 105 Å². The third-order valence-electron chi connectivity index (χ3n) is 2.32. The minimum Gasteiger partial charge on any atom is -0.376 e. The van der Waals surface area contributed by atoms with Gasteiger partial charge in [-0.2, -0.15) is 0 Å². The van der Waals surface area contributed by atoms with Gasteiger partial charge < -0.3 is 20.8 Å². The van der Waals surface area contributed by atoms with Gasteiger partial charge in [-0.25, -0.2) is 9.59 Å². The highest BCUT2D eigenvalue weighted by Crippen LogP contribution is 2.21. The van der Waals surface area contributed by atoms with Crippen LogP contribution in [-0.2, 0) is 0 Å². The van der Waals surface area contributed by atoms with Gasteiger partial charge in [-0.3, -0.25) is 9.80 Å². The summed E-state index contributed by atoms with van der Waals surface area (Å²) in [6, 6.07) is -0.943. The van der Waals surface area contributed by atoms with E-state index >= 15 is 0 Å². The summed E-state index contributed by atoms with van der Waals surface area (Å²) in [5.74, 6) is 0. The van der Waals surface area contributed by atoms with Crippen LogP contribution in [0.2, 0.25) is 0 Å². The predicted octanol–water partition coefficient (Wildman–Crippen LogP) is -2.41. The zero-order chi connectivity index (χ0) is 10.3. The van der Waals surface area contributed by atoms with Crippen molar-refractivity contribution in [1.29, 1.82) is 0 Å². The van der Waals surface area contributed by atoms with Crippen LogP contribution in [-0.4, -0.2) is 57.9 Å². The van der Waals surface area contributed by atoms with Crippen LogP contribution in [0.1, 0.15) is 0 Å². The van der Waals surface area contributed by atoms with E-state index in [1.54, 1.807) is 0 Å². The zero-order valence-electron chi connectivity index (χ0n) is 7.17. The molecule has 14 heavy (non-hydrogen) atoms. The maximum absolute atomic E-state index is 11.4. The van der Waals surface area contributed by atoms with E-state index in [-0.39, 0.29) is 0 Å². The lowest BCUT2D eigenvalue weighted by Crippen LogP contribution is -2.43. The Morgan fingerprint density at radius 2 is 1.50 bits per heavy atom. The second-order valence-electron chi connectivity index (χ2n) is 3.01. The molecule has 0 aromatic heterocycles. The molecular weight excluding hydrogens is 192 g/mol. The molecule has 0 bridgehead atoms.